The molecule has 0 aliphatic heterocycles. The van der Waals surface area contributed by atoms with Crippen molar-refractivity contribution in [2.75, 3.05) is 6.61 Å². The molecule has 0 saturated heterocycles. The predicted octanol–water partition coefficient (Wildman–Crippen LogP) is 1.10. The molecule has 0 fully saturated rings. The topological polar surface area (TPSA) is 20.2 Å². The minimum Gasteiger partial charge on any atom is -0.152 e. The molecule has 0 unspecified atom stereocenters. The second-order valence-electron chi connectivity index (χ2n) is 1.11. The van der Waals surface area contributed by atoms with Crippen LogP contribution in [0.25, 0.3) is 0 Å². The molecule has 0 saturated carbocycles. The van der Waals surface area contributed by atoms with Crippen LogP contribution in [0.15, 0.2) is 22.9 Å². The Morgan fingerprint density at radius 1 is 1.33 bits per heavy atom. The van der Waals surface area contributed by atoms with Gasteiger partial charge in [0.2, 0.25) is 0 Å². The van der Waals surface area contributed by atoms with Gasteiger partial charge in [0, 0.05) is 6.61 Å². The van der Waals surface area contributed by atoms with Crippen molar-refractivity contribution in [1.29, 1.82) is 0 Å². The summed E-state index contributed by atoms with van der Waals surface area (Å²) in [5.74, 6) is 0. The van der Waals surface area contributed by atoms with E-state index in [4.69, 9.17) is 5.11 Å². The van der Waals surface area contributed by atoms with Crippen molar-refractivity contribution in [3.63, 3.8) is 0 Å². The molecule has 9 heavy (non-hydrogen) atoms. The quantitative estimate of drug-likeness (QED) is 0.532. The summed E-state index contributed by atoms with van der Waals surface area (Å²) in [6.45, 7) is 1.93. The number of hydrogen-bond donors (Lipinski definition) is 1. The molecule has 48 valence electrons. The van der Waals surface area contributed by atoms with Crippen LogP contribution in [0.2, 0.25) is 0 Å². The summed E-state index contributed by atoms with van der Waals surface area (Å²) >= 11 is 1.71. The summed E-state index contributed by atoms with van der Waals surface area (Å²) < 4.78 is 0. The van der Waals surface area contributed by atoms with Gasteiger partial charge in [0.25, 0.3) is 0 Å². The Labute approximate surface area is 71.9 Å². The van der Waals surface area contributed by atoms with Crippen molar-refractivity contribution in [2.24, 2.45) is 0 Å². The van der Waals surface area contributed by atoms with Crippen LogP contribution in [-0.2, 0) is 0 Å². The van der Waals surface area contributed by atoms with Crippen molar-refractivity contribution < 1.29 is 5.11 Å². The zero-order valence-electron chi connectivity index (χ0n) is 4.87. The number of thiophene rings is 1. The van der Waals surface area contributed by atoms with E-state index in [1.165, 1.54) is 0 Å². The number of aliphatic hydroxyl groups is 1. The first kappa shape index (κ1) is 12.0. The van der Waals surface area contributed by atoms with Crippen molar-refractivity contribution in [3.05, 3.63) is 22.9 Å². The second-order valence-corrected chi connectivity index (χ2v) is 1.93. The predicted molar refractivity (Wildman–Crippen MR) is 44.2 cm³/mol. The summed E-state index contributed by atoms with van der Waals surface area (Å²) in [5, 5.41) is 11.7. The third-order valence-electron chi connectivity index (χ3n) is 0.425. The van der Waals surface area contributed by atoms with Crippen molar-refractivity contribution in [1.82, 2.24) is 0 Å². The molecule has 1 aromatic rings. The average Bonchev–Trinajstić information content (AvgIpc) is 2.17. The van der Waals surface area contributed by atoms with Gasteiger partial charge in [0.05, 0.1) is 0 Å². The molecule has 1 nitrogen and oxygen atoms in total. The van der Waals surface area contributed by atoms with Crippen molar-refractivity contribution >= 4 is 30.2 Å². The second kappa shape index (κ2) is 11.1. The van der Waals surface area contributed by atoms with Crippen LogP contribution >= 0.6 is 11.3 Å². The van der Waals surface area contributed by atoms with Crippen LogP contribution in [0.3, 0.4) is 0 Å². The largest absolute Gasteiger partial charge is 0.152 e. The van der Waals surface area contributed by atoms with Crippen LogP contribution in [0.1, 0.15) is 6.92 Å². The molecule has 0 aliphatic carbocycles. The molecule has 1 rings (SSSR count). The van der Waals surface area contributed by atoms with Gasteiger partial charge in [-0.2, -0.15) is 11.3 Å². The Morgan fingerprint density at radius 3 is 1.78 bits per heavy atom. The van der Waals surface area contributed by atoms with Gasteiger partial charge < -0.3 is 5.11 Å². The summed E-state index contributed by atoms with van der Waals surface area (Å²) in [6, 6.07) is 4.04. The Morgan fingerprint density at radius 2 is 1.67 bits per heavy atom. The fraction of sp³-hybridized carbons (Fsp3) is 0.333. The van der Waals surface area contributed by atoms with Crippen LogP contribution < -0.4 is 0 Å². The number of aliphatic hydroxyl groups excluding tert-OH is 1. The SMILES string of the molecule is CCO.[LiH].c1ccsc1. The zero-order chi connectivity index (χ0) is 6.24. The first-order valence-corrected chi connectivity index (χ1v) is 3.44. The van der Waals surface area contributed by atoms with Gasteiger partial charge in [0.15, 0.2) is 0 Å². The van der Waals surface area contributed by atoms with Gasteiger partial charge in [-0.05, 0) is 17.7 Å². The summed E-state index contributed by atoms with van der Waals surface area (Å²) in [6.07, 6.45) is 0. The zero-order valence-corrected chi connectivity index (χ0v) is 5.69. The molecule has 0 aromatic carbocycles. The van der Waals surface area contributed by atoms with Gasteiger partial charge >= 0.3 is 18.9 Å². The molecule has 0 amide bonds. The first-order valence-electron chi connectivity index (χ1n) is 2.49. The molecule has 1 aromatic heterocycles. The molecule has 0 bridgehead atoms. The molecule has 1 heterocycles. The van der Waals surface area contributed by atoms with E-state index in [-0.39, 0.29) is 25.5 Å². The Kier molecular flexibility index (Phi) is 14.8. The number of rotatable bonds is 0. The standard InChI is InChI=1S/C4H4S.C2H6O.Li.H/c1-2-4-5-3-1;1-2-3;;/h1-4H;3H,2H2,1H3;;. The molecule has 3 heteroatoms. The minimum absolute atomic E-state index is 0. The Balaban J connectivity index is 0. The third kappa shape index (κ3) is 11.7. The van der Waals surface area contributed by atoms with Gasteiger partial charge in [-0.3, -0.25) is 0 Å². The Bertz CT molecular complexity index is 80.0. The summed E-state index contributed by atoms with van der Waals surface area (Å²) in [7, 11) is 0. The molecule has 0 atom stereocenters. The minimum atomic E-state index is 0. The fourth-order valence-electron chi connectivity index (χ4n) is 0.227. The third-order valence-corrected chi connectivity index (χ3v) is 1.05. The van der Waals surface area contributed by atoms with Crippen LogP contribution in [0.5, 0.6) is 0 Å². The van der Waals surface area contributed by atoms with E-state index in [2.05, 4.69) is 0 Å². The molecular formula is C6H11LiOS. The van der Waals surface area contributed by atoms with E-state index in [1.807, 2.05) is 22.9 Å². The average molecular weight is 138 g/mol. The van der Waals surface area contributed by atoms with Crippen LogP contribution in [0, 0.1) is 0 Å². The van der Waals surface area contributed by atoms with E-state index >= 15 is 0 Å². The molecular weight excluding hydrogens is 127 g/mol. The maximum absolute atomic E-state index is 7.57. The molecule has 0 aliphatic rings. The van der Waals surface area contributed by atoms with Crippen LogP contribution in [-0.4, -0.2) is 30.6 Å². The maximum Gasteiger partial charge on any atom is -0.00934 e. The van der Waals surface area contributed by atoms with Crippen molar-refractivity contribution in [2.45, 2.75) is 6.92 Å². The fourth-order valence-corrected chi connectivity index (χ4v) is 0.680. The van der Waals surface area contributed by atoms with Gasteiger partial charge in [0.1, 0.15) is 0 Å². The van der Waals surface area contributed by atoms with Gasteiger partial charge in [-0.15, -0.1) is 0 Å². The normalized spacial score (nSPS) is 6.44. The summed E-state index contributed by atoms with van der Waals surface area (Å²) in [5.41, 5.74) is 0. The monoisotopic (exact) mass is 138 g/mol. The molecule has 0 radical (unpaired) electrons. The van der Waals surface area contributed by atoms with Gasteiger partial charge in [-0.1, -0.05) is 12.1 Å². The maximum atomic E-state index is 7.57. The van der Waals surface area contributed by atoms with E-state index in [0.717, 1.165) is 0 Å². The first-order chi connectivity index (χ1) is 3.91. The molecule has 1 N–H and O–H groups in total. The Hall–Kier alpha value is 0.257. The van der Waals surface area contributed by atoms with Gasteiger partial charge in [-0.25, -0.2) is 0 Å². The van der Waals surface area contributed by atoms with Crippen molar-refractivity contribution in [3.8, 4) is 0 Å². The van der Waals surface area contributed by atoms with E-state index in [9.17, 15) is 0 Å². The van der Waals surface area contributed by atoms with Crippen LogP contribution in [0.4, 0.5) is 0 Å². The number of hydrogen-bond acceptors (Lipinski definition) is 2. The summed E-state index contributed by atoms with van der Waals surface area (Å²) in [4.78, 5) is 0. The smallest absolute Gasteiger partial charge is 0.00934 e. The van der Waals surface area contributed by atoms with E-state index in [1.54, 1.807) is 18.3 Å². The van der Waals surface area contributed by atoms with E-state index < -0.39 is 0 Å². The van der Waals surface area contributed by atoms with E-state index in [0.29, 0.717) is 0 Å². The molecule has 0 spiro atoms.